The van der Waals surface area contributed by atoms with E-state index in [-0.39, 0.29) is 24.6 Å². The van der Waals surface area contributed by atoms with Gasteiger partial charge < -0.3 is 20.1 Å². The SMILES string of the molecule is COc1cc(/C=N\NC(N)=O)ccc1OCC(=O)N1[C@H](C)CCC[C@@H]1C. The van der Waals surface area contributed by atoms with Crippen molar-refractivity contribution in [1.29, 1.82) is 0 Å². The van der Waals surface area contributed by atoms with E-state index in [1.165, 1.54) is 13.3 Å². The maximum atomic E-state index is 12.6. The number of primary amides is 1. The van der Waals surface area contributed by atoms with Gasteiger partial charge in [-0.1, -0.05) is 0 Å². The summed E-state index contributed by atoms with van der Waals surface area (Å²) in [7, 11) is 1.52. The Balaban J connectivity index is 2.01. The summed E-state index contributed by atoms with van der Waals surface area (Å²) in [5, 5.41) is 3.69. The van der Waals surface area contributed by atoms with Crippen LogP contribution in [0.4, 0.5) is 4.79 Å². The summed E-state index contributed by atoms with van der Waals surface area (Å²) in [4.78, 5) is 25.1. The maximum Gasteiger partial charge on any atom is 0.332 e. The minimum absolute atomic E-state index is 0.0250. The van der Waals surface area contributed by atoms with Gasteiger partial charge in [0.25, 0.3) is 5.91 Å². The number of rotatable bonds is 6. The fourth-order valence-corrected chi connectivity index (χ4v) is 3.18. The first-order valence-electron chi connectivity index (χ1n) is 8.63. The van der Waals surface area contributed by atoms with Gasteiger partial charge in [0.1, 0.15) is 0 Å². The Hall–Kier alpha value is -2.77. The largest absolute Gasteiger partial charge is 0.493 e. The quantitative estimate of drug-likeness (QED) is 0.595. The number of hydrogen-bond donors (Lipinski definition) is 2. The van der Waals surface area contributed by atoms with Gasteiger partial charge in [0.05, 0.1) is 13.3 Å². The van der Waals surface area contributed by atoms with Gasteiger partial charge in [-0.25, -0.2) is 10.2 Å². The van der Waals surface area contributed by atoms with Crippen LogP contribution >= 0.6 is 0 Å². The first kappa shape index (κ1) is 19.6. The van der Waals surface area contributed by atoms with Crippen LogP contribution in [0.5, 0.6) is 11.5 Å². The van der Waals surface area contributed by atoms with Gasteiger partial charge in [-0.05, 0) is 56.9 Å². The van der Waals surface area contributed by atoms with Gasteiger partial charge in [-0.15, -0.1) is 0 Å². The Morgan fingerprint density at radius 3 is 2.62 bits per heavy atom. The molecule has 0 bridgehead atoms. The van der Waals surface area contributed by atoms with Crippen LogP contribution in [0.2, 0.25) is 0 Å². The molecule has 0 unspecified atom stereocenters. The van der Waals surface area contributed by atoms with E-state index < -0.39 is 6.03 Å². The fourth-order valence-electron chi connectivity index (χ4n) is 3.18. The molecule has 3 N–H and O–H groups in total. The smallest absolute Gasteiger partial charge is 0.332 e. The van der Waals surface area contributed by atoms with Crippen molar-refractivity contribution in [2.75, 3.05) is 13.7 Å². The lowest BCUT2D eigenvalue weighted by atomic mass is 9.97. The Kier molecular flexibility index (Phi) is 6.82. The molecule has 1 saturated heterocycles. The molecule has 0 aromatic heterocycles. The van der Waals surface area contributed by atoms with E-state index in [0.29, 0.717) is 17.1 Å². The number of piperidine rings is 1. The molecule has 1 aromatic rings. The number of benzene rings is 1. The number of likely N-dealkylation sites (tertiary alicyclic amines) is 1. The first-order valence-corrected chi connectivity index (χ1v) is 8.63. The van der Waals surface area contributed by atoms with Crippen molar-refractivity contribution < 1.29 is 19.1 Å². The number of hydrazone groups is 1. The predicted molar refractivity (Wildman–Crippen MR) is 98.4 cm³/mol. The average molecular weight is 362 g/mol. The molecule has 26 heavy (non-hydrogen) atoms. The minimum Gasteiger partial charge on any atom is -0.493 e. The van der Waals surface area contributed by atoms with Crippen LogP contribution in [0.1, 0.15) is 38.7 Å². The monoisotopic (exact) mass is 362 g/mol. The molecule has 142 valence electrons. The summed E-state index contributed by atoms with van der Waals surface area (Å²) in [5.41, 5.74) is 7.75. The zero-order valence-electron chi connectivity index (χ0n) is 15.4. The normalized spacial score (nSPS) is 20.0. The number of hydrogen-bond acceptors (Lipinski definition) is 5. The summed E-state index contributed by atoms with van der Waals surface area (Å²) >= 11 is 0. The van der Waals surface area contributed by atoms with Crippen molar-refractivity contribution in [3.05, 3.63) is 23.8 Å². The van der Waals surface area contributed by atoms with Crippen LogP contribution in [-0.4, -0.2) is 48.9 Å². The third kappa shape index (κ3) is 5.11. The lowest BCUT2D eigenvalue weighted by Crippen LogP contribution is -2.49. The lowest BCUT2D eigenvalue weighted by molar-refractivity contribution is -0.139. The number of methoxy groups -OCH3 is 1. The van der Waals surface area contributed by atoms with E-state index in [1.807, 2.05) is 4.90 Å². The molecule has 1 aliphatic rings. The average Bonchev–Trinajstić information content (AvgIpc) is 2.60. The summed E-state index contributed by atoms with van der Waals surface area (Å²) in [6.07, 6.45) is 4.62. The number of nitrogens with zero attached hydrogens (tertiary/aromatic N) is 2. The molecule has 1 heterocycles. The molecular formula is C18H26N4O4. The van der Waals surface area contributed by atoms with E-state index in [4.69, 9.17) is 15.2 Å². The highest BCUT2D eigenvalue weighted by atomic mass is 16.5. The second kappa shape index (κ2) is 9.07. The van der Waals surface area contributed by atoms with Crippen molar-refractivity contribution in [2.45, 2.75) is 45.2 Å². The van der Waals surface area contributed by atoms with Gasteiger partial charge >= 0.3 is 6.03 Å². The van der Waals surface area contributed by atoms with Crippen molar-refractivity contribution in [3.8, 4) is 11.5 Å². The van der Waals surface area contributed by atoms with Gasteiger partial charge in [-0.2, -0.15) is 5.10 Å². The molecule has 0 aliphatic carbocycles. The van der Waals surface area contributed by atoms with Crippen LogP contribution < -0.4 is 20.6 Å². The standard InChI is InChI=1S/C18H26N4O4/c1-12-5-4-6-13(2)22(12)17(23)11-26-15-8-7-14(9-16(15)25-3)10-20-21-18(19)24/h7-10,12-13H,4-6,11H2,1-3H3,(H3,19,21,24)/b20-10-/t12-,13+. The Bertz CT molecular complexity index is 667. The number of nitrogens with two attached hydrogens (primary N) is 1. The van der Waals surface area contributed by atoms with Crippen LogP contribution in [0.15, 0.2) is 23.3 Å². The second-order valence-corrected chi connectivity index (χ2v) is 6.36. The van der Waals surface area contributed by atoms with Gasteiger partial charge in [0.2, 0.25) is 0 Å². The number of carbonyl (C=O) groups is 2. The molecule has 1 fully saturated rings. The molecule has 1 aliphatic heterocycles. The highest BCUT2D eigenvalue weighted by molar-refractivity contribution is 5.82. The molecule has 0 saturated carbocycles. The van der Waals surface area contributed by atoms with E-state index >= 15 is 0 Å². The first-order chi connectivity index (χ1) is 12.4. The molecule has 1 aromatic carbocycles. The number of amides is 3. The van der Waals surface area contributed by atoms with Gasteiger partial charge in [0.15, 0.2) is 18.1 Å². The number of nitrogens with one attached hydrogen (secondary N) is 1. The highest BCUT2D eigenvalue weighted by Gasteiger charge is 2.29. The molecule has 0 spiro atoms. The third-order valence-corrected chi connectivity index (χ3v) is 4.41. The van der Waals surface area contributed by atoms with Crippen molar-refractivity contribution in [2.24, 2.45) is 10.8 Å². The van der Waals surface area contributed by atoms with Crippen molar-refractivity contribution in [1.82, 2.24) is 10.3 Å². The molecule has 0 radical (unpaired) electrons. The highest BCUT2D eigenvalue weighted by Crippen LogP contribution is 2.28. The molecule has 8 nitrogen and oxygen atoms in total. The summed E-state index contributed by atoms with van der Waals surface area (Å²) < 4.78 is 11.0. The van der Waals surface area contributed by atoms with Crippen molar-refractivity contribution in [3.63, 3.8) is 0 Å². The number of urea groups is 1. The molecule has 2 rings (SSSR count). The number of carbonyl (C=O) groups excluding carboxylic acids is 2. The Labute approximate surface area is 153 Å². The zero-order valence-corrected chi connectivity index (χ0v) is 15.4. The van der Waals surface area contributed by atoms with Crippen LogP contribution in [-0.2, 0) is 4.79 Å². The number of ether oxygens (including phenoxy) is 2. The molecule has 8 heteroatoms. The van der Waals surface area contributed by atoms with Gasteiger partial charge in [0, 0.05) is 12.1 Å². The molecule has 3 amide bonds. The maximum absolute atomic E-state index is 12.6. The third-order valence-electron chi connectivity index (χ3n) is 4.41. The minimum atomic E-state index is -0.743. The van der Waals surface area contributed by atoms with Crippen molar-refractivity contribution >= 4 is 18.2 Å². The van der Waals surface area contributed by atoms with Crippen LogP contribution in [0, 0.1) is 0 Å². The van der Waals surface area contributed by atoms with E-state index in [2.05, 4.69) is 24.4 Å². The van der Waals surface area contributed by atoms with E-state index in [0.717, 1.165) is 19.3 Å². The Morgan fingerprint density at radius 1 is 1.31 bits per heavy atom. The second-order valence-electron chi connectivity index (χ2n) is 6.36. The van der Waals surface area contributed by atoms with Crippen LogP contribution in [0.3, 0.4) is 0 Å². The zero-order chi connectivity index (χ0) is 19.1. The van der Waals surface area contributed by atoms with E-state index in [9.17, 15) is 9.59 Å². The van der Waals surface area contributed by atoms with Crippen LogP contribution in [0.25, 0.3) is 0 Å². The molecule has 2 atom stereocenters. The lowest BCUT2D eigenvalue weighted by Gasteiger charge is -2.39. The predicted octanol–water partition coefficient (Wildman–Crippen LogP) is 1.87. The topological polar surface area (TPSA) is 106 Å². The summed E-state index contributed by atoms with van der Waals surface area (Å²) in [5.74, 6) is 0.918. The fraction of sp³-hybridized carbons (Fsp3) is 0.500. The molecular weight excluding hydrogens is 336 g/mol. The summed E-state index contributed by atoms with van der Waals surface area (Å²) in [6.45, 7) is 4.10. The summed E-state index contributed by atoms with van der Waals surface area (Å²) in [6, 6.07) is 4.84. The Morgan fingerprint density at radius 2 is 2.00 bits per heavy atom. The van der Waals surface area contributed by atoms with E-state index in [1.54, 1.807) is 18.2 Å². The van der Waals surface area contributed by atoms with Gasteiger partial charge in [-0.3, -0.25) is 4.79 Å².